The molecule has 0 unspecified atom stereocenters. The Morgan fingerprint density at radius 1 is 1.33 bits per heavy atom. The molecule has 1 aliphatic heterocycles. The van der Waals surface area contributed by atoms with Gasteiger partial charge in [-0.15, -0.1) is 0 Å². The van der Waals surface area contributed by atoms with Gasteiger partial charge in [0, 0.05) is 11.6 Å². The minimum absolute atomic E-state index is 0.233. The van der Waals surface area contributed by atoms with E-state index < -0.39 is 17.7 Å². The van der Waals surface area contributed by atoms with Crippen molar-refractivity contribution in [3.8, 4) is 0 Å². The minimum Gasteiger partial charge on any atom is -0.444 e. The van der Waals surface area contributed by atoms with Gasteiger partial charge >= 0.3 is 6.09 Å². The molecule has 27 heavy (non-hydrogen) atoms. The van der Waals surface area contributed by atoms with E-state index in [9.17, 15) is 9.59 Å². The number of likely N-dealkylation sites (tertiary alicyclic amines) is 1. The molecule has 0 bridgehead atoms. The average Bonchev–Trinajstić information content (AvgIpc) is 3.00. The summed E-state index contributed by atoms with van der Waals surface area (Å²) in [6.07, 6.45) is 1.92. The van der Waals surface area contributed by atoms with Crippen molar-refractivity contribution in [1.82, 2.24) is 9.88 Å². The lowest BCUT2D eigenvalue weighted by Crippen LogP contribution is -2.51. The molecule has 6 nitrogen and oxygen atoms in total. The molecule has 1 fully saturated rings. The highest BCUT2D eigenvalue weighted by Crippen LogP contribution is 2.32. The van der Waals surface area contributed by atoms with Gasteiger partial charge in [-0.25, -0.2) is 9.78 Å². The second-order valence-corrected chi connectivity index (χ2v) is 9.15. The first-order valence-corrected chi connectivity index (χ1v) is 10.2. The number of fused-ring (bicyclic) bond motifs is 1. The number of nitrogens with one attached hydrogen (secondary N) is 1. The number of aromatic nitrogens is 1. The number of carbonyl (C=O) groups excluding carboxylic acids is 2. The molecule has 2 amide bonds. The van der Waals surface area contributed by atoms with Crippen molar-refractivity contribution in [2.24, 2.45) is 0 Å². The molecule has 1 saturated heterocycles. The first-order chi connectivity index (χ1) is 12.7. The lowest BCUT2D eigenvalue weighted by atomic mass is 10.0. The summed E-state index contributed by atoms with van der Waals surface area (Å²) < 4.78 is 6.42. The molecule has 1 N–H and O–H groups in total. The summed E-state index contributed by atoms with van der Waals surface area (Å²) in [4.78, 5) is 31.4. The van der Waals surface area contributed by atoms with Crippen LogP contribution in [0.3, 0.4) is 0 Å². The maximum Gasteiger partial charge on any atom is 0.410 e. The summed E-state index contributed by atoms with van der Waals surface area (Å²) in [6.45, 7) is 7.87. The molecule has 0 saturated carbocycles. The van der Waals surface area contributed by atoms with Gasteiger partial charge in [-0.05, 0) is 64.7 Å². The van der Waals surface area contributed by atoms with Gasteiger partial charge in [-0.2, -0.15) is 0 Å². The minimum atomic E-state index is -0.598. The number of aryl methyl sites for hydroxylation is 1. The number of anilines is 1. The molecular formula is C19H24ClN3O3S. The number of carbonyl (C=O) groups is 2. The first-order valence-electron chi connectivity index (χ1n) is 9.02. The second-order valence-electron chi connectivity index (χ2n) is 7.71. The SMILES string of the molecule is Cc1c(Cl)ccc2sc(NC(=O)[C@@H]3CCCCN3C(=O)OC(C)(C)C)nc12. The van der Waals surface area contributed by atoms with Crippen LogP contribution >= 0.6 is 22.9 Å². The van der Waals surface area contributed by atoms with Crippen molar-refractivity contribution in [3.63, 3.8) is 0 Å². The predicted molar refractivity (Wildman–Crippen MR) is 109 cm³/mol. The molecule has 1 aliphatic rings. The normalized spacial score (nSPS) is 17.8. The van der Waals surface area contributed by atoms with E-state index in [4.69, 9.17) is 16.3 Å². The zero-order chi connectivity index (χ0) is 19.8. The molecule has 146 valence electrons. The van der Waals surface area contributed by atoms with Gasteiger partial charge in [0.05, 0.1) is 10.2 Å². The van der Waals surface area contributed by atoms with Crippen LogP contribution in [-0.4, -0.2) is 40.1 Å². The number of hydrogen-bond donors (Lipinski definition) is 1. The smallest absolute Gasteiger partial charge is 0.410 e. The molecule has 0 aliphatic carbocycles. The molecule has 2 aromatic rings. The van der Waals surface area contributed by atoms with E-state index in [1.165, 1.54) is 16.2 Å². The lowest BCUT2D eigenvalue weighted by Gasteiger charge is -2.35. The Hall–Kier alpha value is -1.86. The van der Waals surface area contributed by atoms with Gasteiger partial charge in [0.2, 0.25) is 5.91 Å². The maximum absolute atomic E-state index is 12.9. The second kappa shape index (κ2) is 7.64. The number of hydrogen-bond acceptors (Lipinski definition) is 5. The van der Waals surface area contributed by atoms with Crippen LogP contribution < -0.4 is 5.32 Å². The van der Waals surface area contributed by atoms with Crippen molar-refractivity contribution in [2.75, 3.05) is 11.9 Å². The van der Waals surface area contributed by atoms with E-state index >= 15 is 0 Å². The summed E-state index contributed by atoms with van der Waals surface area (Å²) in [5.41, 5.74) is 1.08. The number of rotatable bonds is 2. The Kier molecular flexibility index (Phi) is 5.63. The lowest BCUT2D eigenvalue weighted by molar-refractivity contribution is -0.122. The third kappa shape index (κ3) is 4.52. The molecule has 0 spiro atoms. The Bertz CT molecular complexity index is 875. The number of benzene rings is 1. The number of amides is 2. The number of ether oxygens (including phenoxy) is 1. The Labute approximate surface area is 167 Å². The zero-order valence-corrected chi connectivity index (χ0v) is 17.5. The highest BCUT2D eigenvalue weighted by Gasteiger charge is 2.35. The van der Waals surface area contributed by atoms with Crippen LogP contribution in [0.5, 0.6) is 0 Å². The van der Waals surface area contributed by atoms with E-state index in [0.29, 0.717) is 23.1 Å². The van der Waals surface area contributed by atoms with E-state index in [0.717, 1.165) is 28.6 Å². The van der Waals surface area contributed by atoms with E-state index in [1.807, 2.05) is 39.8 Å². The molecule has 1 aromatic heterocycles. The summed E-state index contributed by atoms with van der Waals surface area (Å²) in [6, 6.07) is 3.17. The van der Waals surface area contributed by atoms with Crippen LogP contribution in [0.1, 0.15) is 45.6 Å². The molecule has 0 radical (unpaired) electrons. The highest BCUT2D eigenvalue weighted by atomic mass is 35.5. The van der Waals surface area contributed by atoms with Crippen molar-refractivity contribution in [2.45, 2.75) is 58.6 Å². The van der Waals surface area contributed by atoms with Crippen molar-refractivity contribution >= 4 is 50.3 Å². The Morgan fingerprint density at radius 2 is 2.07 bits per heavy atom. The van der Waals surface area contributed by atoms with Crippen LogP contribution in [0.25, 0.3) is 10.2 Å². The van der Waals surface area contributed by atoms with Gasteiger partial charge in [0.15, 0.2) is 5.13 Å². The van der Waals surface area contributed by atoms with Gasteiger partial charge in [-0.3, -0.25) is 9.69 Å². The molecule has 8 heteroatoms. The largest absolute Gasteiger partial charge is 0.444 e. The molecule has 1 aromatic carbocycles. The fourth-order valence-corrected chi connectivity index (χ4v) is 4.17. The maximum atomic E-state index is 12.9. The quantitative estimate of drug-likeness (QED) is 0.758. The topological polar surface area (TPSA) is 71.5 Å². The highest BCUT2D eigenvalue weighted by molar-refractivity contribution is 7.22. The standard InChI is InChI=1S/C19H24ClN3O3S/c1-11-12(20)8-9-14-15(11)21-17(27-14)22-16(24)13-7-5-6-10-23(13)18(25)26-19(2,3)4/h8-9,13H,5-7,10H2,1-4H3,(H,21,22,24)/t13-/m0/s1. The third-order valence-electron chi connectivity index (χ3n) is 4.41. The van der Waals surface area contributed by atoms with Crippen LogP contribution in [-0.2, 0) is 9.53 Å². The summed E-state index contributed by atoms with van der Waals surface area (Å²) in [7, 11) is 0. The monoisotopic (exact) mass is 409 g/mol. The fraction of sp³-hybridized carbons (Fsp3) is 0.526. The summed E-state index contributed by atoms with van der Waals surface area (Å²) in [5.74, 6) is -0.233. The molecule has 1 atom stereocenters. The van der Waals surface area contributed by atoms with E-state index in [2.05, 4.69) is 10.3 Å². The molecular weight excluding hydrogens is 386 g/mol. The predicted octanol–water partition coefficient (Wildman–Crippen LogP) is 4.99. The third-order valence-corrected chi connectivity index (χ3v) is 5.76. The van der Waals surface area contributed by atoms with E-state index in [-0.39, 0.29) is 5.91 Å². The zero-order valence-electron chi connectivity index (χ0n) is 16.0. The van der Waals surface area contributed by atoms with Crippen LogP contribution in [0.4, 0.5) is 9.93 Å². The van der Waals surface area contributed by atoms with Crippen LogP contribution in [0, 0.1) is 6.92 Å². The molecule has 3 rings (SSSR count). The molecule has 2 heterocycles. The Balaban J connectivity index is 1.77. The van der Waals surface area contributed by atoms with Crippen LogP contribution in [0.15, 0.2) is 12.1 Å². The van der Waals surface area contributed by atoms with Gasteiger partial charge in [0.25, 0.3) is 0 Å². The van der Waals surface area contributed by atoms with Crippen molar-refractivity contribution in [3.05, 3.63) is 22.7 Å². The van der Waals surface area contributed by atoms with E-state index in [1.54, 1.807) is 0 Å². The van der Waals surface area contributed by atoms with Crippen LogP contribution in [0.2, 0.25) is 5.02 Å². The summed E-state index contributed by atoms with van der Waals surface area (Å²) in [5, 5.41) is 4.03. The van der Waals surface area contributed by atoms with Gasteiger partial charge in [-0.1, -0.05) is 22.9 Å². The first kappa shape index (κ1) is 19.9. The number of piperidine rings is 1. The Morgan fingerprint density at radius 3 is 2.78 bits per heavy atom. The van der Waals surface area contributed by atoms with Crippen molar-refractivity contribution in [1.29, 1.82) is 0 Å². The van der Waals surface area contributed by atoms with Crippen molar-refractivity contribution < 1.29 is 14.3 Å². The number of nitrogens with zero attached hydrogens (tertiary/aromatic N) is 2. The summed E-state index contributed by atoms with van der Waals surface area (Å²) >= 11 is 7.55. The number of halogens is 1. The fourth-order valence-electron chi connectivity index (χ4n) is 3.09. The van der Waals surface area contributed by atoms with Gasteiger partial charge < -0.3 is 10.1 Å². The number of thiazole rings is 1. The van der Waals surface area contributed by atoms with Gasteiger partial charge in [0.1, 0.15) is 11.6 Å². The average molecular weight is 410 g/mol.